The summed E-state index contributed by atoms with van der Waals surface area (Å²) in [6, 6.07) is 12.2. The van der Waals surface area contributed by atoms with Gasteiger partial charge in [0.2, 0.25) is 5.91 Å². The van der Waals surface area contributed by atoms with Crippen molar-refractivity contribution in [3.63, 3.8) is 0 Å². The molecule has 1 aliphatic rings. The van der Waals surface area contributed by atoms with Gasteiger partial charge in [-0.1, -0.05) is 24.3 Å². The van der Waals surface area contributed by atoms with Crippen LogP contribution in [0.5, 0.6) is 5.75 Å². The first-order chi connectivity index (χ1) is 11.3. The summed E-state index contributed by atoms with van der Waals surface area (Å²) in [4.78, 5) is 18.8. The summed E-state index contributed by atoms with van der Waals surface area (Å²) in [5.74, 6) is 1.06. The van der Waals surface area contributed by atoms with Crippen molar-refractivity contribution in [2.75, 3.05) is 7.11 Å². The van der Waals surface area contributed by atoms with Crippen molar-refractivity contribution in [2.24, 2.45) is 0 Å². The molecule has 0 radical (unpaired) electrons. The molecule has 1 aromatic carbocycles. The maximum atomic E-state index is 12.7. The molecule has 4 nitrogen and oxygen atoms in total. The largest absolute Gasteiger partial charge is 0.496 e. The molecule has 0 N–H and O–H groups in total. The van der Waals surface area contributed by atoms with Crippen molar-refractivity contribution >= 4 is 5.91 Å². The van der Waals surface area contributed by atoms with Gasteiger partial charge in [-0.05, 0) is 42.5 Å². The molecule has 0 saturated heterocycles. The molecular weight excluding hydrogens is 288 g/mol. The minimum absolute atomic E-state index is 0.210. The van der Waals surface area contributed by atoms with Crippen LogP contribution in [-0.2, 0) is 17.8 Å². The Hall–Kier alpha value is -2.36. The van der Waals surface area contributed by atoms with Crippen LogP contribution in [0.3, 0.4) is 0 Å². The second kappa shape index (κ2) is 7.27. The lowest BCUT2D eigenvalue weighted by atomic mass is 10.1. The second-order valence-corrected chi connectivity index (χ2v) is 5.93. The van der Waals surface area contributed by atoms with Gasteiger partial charge in [-0.3, -0.25) is 9.78 Å². The van der Waals surface area contributed by atoms with Gasteiger partial charge in [0.05, 0.1) is 7.11 Å². The number of ether oxygens (including phenoxy) is 1. The summed E-state index contributed by atoms with van der Waals surface area (Å²) in [5.41, 5.74) is 2.17. The van der Waals surface area contributed by atoms with Crippen LogP contribution in [0.15, 0.2) is 48.8 Å². The molecule has 0 atom stereocenters. The topological polar surface area (TPSA) is 42.4 Å². The number of amides is 1. The Labute approximate surface area is 137 Å². The number of rotatable bonds is 7. The van der Waals surface area contributed by atoms with Gasteiger partial charge in [0.15, 0.2) is 0 Å². The highest BCUT2D eigenvalue weighted by Gasteiger charge is 2.32. The molecule has 23 heavy (non-hydrogen) atoms. The zero-order chi connectivity index (χ0) is 16.1. The van der Waals surface area contributed by atoms with Gasteiger partial charge < -0.3 is 9.64 Å². The number of hydrogen-bond acceptors (Lipinski definition) is 3. The van der Waals surface area contributed by atoms with Gasteiger partial charge in [-0.2, -0.15) is 0 Å². The van der Waals surface area contributed by atoms with Crippen LogP contribution in [-0.4, -0.2) is 28.9 Å². The predicted octanol–water partition coefficient (Wildman–Crippen LogP) is 3.21. The molecule has 1 heterocycles. The fraction of sp³-hybridized carbons (Fsp3) is 0.368. The normalized spacial score (nSPS) is 13.6. The molecule has 2 aromatic rings. The Morgan fingerprint density at radius 3 is 2.78 bits per heavy atom. The van der Waals surface area contributed by atoms with E-state index in [2.05, 4.69) is 4.98 Å². The summed E-state index contributed by atoms with van der Waals surface area (Å²) in [5, 5.41) is 0. The summed E-state index contributed by atoms with van der Waals surface area (Å²) in [7, 11) is 1.67. The van der Waals surface area contributed by atoms with Crippen LogP contribution in [0.1, 0.15) is 30.4 Å². The minimum atomic E-state index is 0.210. The number of pyridine rings is 1. The lowest BCUT2D eigenvalue weighted by Crippen LogP contribution is -2.32. The number of aryl methyl sites for hydroxylation is 1. The standard InChI is InChI=1S/C19H22N2O2/c1-23-18-7-3-2-6-16(18)8-11-19(22)21(17-9-10-17)14-15-5-4-12-20-13-15/h2-7,12-13,17H,8-11,14H2,1H3. The first kappa shape index (κ1) is 15.5. The van der Waals surface area contributed by atoms with E-state index in [-0.39, 0.29) is 5.91 Å². The molecular formula is C19H22N2O2. The van der Waals surface area contributed by atoms with E-state index >= 15 is 0 Å². The van der Waals surface area contributed by atoms with Crippen LogP contribution in [0, 0.1) is 0 Å². The van der Waals surface area contributed by atoms with Crippen molar-refractivity contribution in [3.05, 3.63) is 59.9 Å². The average molecular weight is 310 g/mol. The molecule has 0 spiro atoms. The third kappa shape index (κ3) is 4.09. The predicted molar refractivity (Wildman–Crippen MR) is 89.1 cm³/mol. The Bertz CT molecular complexity index is 653. The van der Waals surface area contributed by atoms with Crippen molar-refractivity contribution in [3.8, 4) is 5.75 Å². The number of methoxy groups -OCH3 is 1. The summed E-state index contributed by atoms with van der Waals surface area (Å²) in [6.45, 7) is 0.656. The Balaban J connectivity index is 1.63. The average Bonchev–Trinajstić information content (AvgIpc) is 3.43. The quantitative estimate of drug-likeness (QED) is 0.788. The molecule has 0 bridgehead atoms. The zero-order valence-electron chi connectivity index (χ0n) is 13.4. The van der Waals surface area contributed by atoms with E-state index < -0.39 is 0 Å². The van der Waals surface area contributed by atoms with E-state index in [4.69, 9.17) is 4.74 Å². The number of carbonyl (C=O) groups is 1. The van der Waals surface area contributed by atoms with Gasteiger partial charge in [0, 0.05) is 31.4 Å². The highest BCUT2D eigenvalue weighted by Crippen LogP contribution is 2.29. The monoisotopic (exact) mass is 310 g/mol. The third-order valence-corrected chi connectivity index (χ3v) is 4.18. The molecule has 1 aromatic heterocycles. The molecule has 1 saturated carbocycles. The fourth-order valence-electron chi connectivity index (χ4n) is 2.79. The SMILES string of the molecule is COc1ccccc1CCC(=O)N(Cc1cccnc1)C1CC1. The van der Waals surface area contributed by atoms with Crippen molar-refractivity contribution < 1.29 is 9.53 Å². The third-order valence-electron chi connectivity index (χ3n) is 4.18. The molecule has 1 aliphatic carbocycles. The highest BCUT2D eigenvalue weighted by atomic mass is 16.5. The fourth-order valence-corrected chi connectivity index (χ4v) is 2.79. The van der Waals surface area contributed by atoms with Crippen LogP contribution in [0.4, 0.5) is 0 Å². The van der Waals surface area contributed by atoms with E-state index in [9.17, 15) is 4.79 Å². The molecule has 3 rings (SSSR count). The highest BCUT2D eigenvalue weighted by molar-refractivity contribution is 5.77. The lowest BCUT2D eigenvalue weighted by Gasteiger charge is -2.22. The van der Waals surface area contributed by atoms with Gasteiger partial charge >= 0.3 is 0 Å². The first-order valence-electron chi connectivity index (χ1n) is 8.08. The maximum Gasteiger partial charge on any atom is 0.223 e. The van der Waals surface area contributed by atoms with E-state index in [1.807, 2.05) is 47.5 Å². The van der Waals surface area contributed by atoms with Crippen molar-refractivity contribution in [2.45, 2.75) is 38.3 Å². The molecule has 0 unspecified atom stereocenters. The van der Waals surface area contributed by atoms with Crippen LogP contribution in [0.2, 0.25) is 0 Å². The van der Waals surface area contributed by atoms with Crippen molar-refractivity contribution in [1.29, 1.82) is 0 Å². The summed E-state index contributed by atoms with van der Waals surface area (Å²) >= 11 is 0. The van der Waals surface area contributed by atoms with Crippen molar-refractivity contribution in [1.82, 2.24) is 9.88 Å². The number of hydrogen-bond donors (Lipinski definition) is 0. The number of aromatic nitrogens is 1. The van der Waals surface area contributed by atoms with Crippen LogP contribution in [0.25, 0.3) is 0 Å². The molecule has 0 aliphatic heterocycles. The Morgan fingerprint density at radius 1 is 1.26 bits per heavy atom. The summed E-state index contributed by atoms with van der Waals surface area (Å²) in [6.07, 6.45) is 7.04. The van der Waals surface area contributed by atoms with Crippen LogP contribution < -0.4 is 4.74 Å². The lowest BCUT2D eigenvalue weighted by molar-refractivity contribution is -0.132. The van der Waals surface area contributed by atoms with E-state index in [1.54, 1.807) is 13.3 Å². The number of para-hydroxylation sites is 1. The minimum Gasteiger partial charge on any atom is -0.496 e. The summed E-state index contributed by atoms with van der Waals surface area (Å²) < 4.78 is 5.36. The van der Waals surface area contributed by atoms with Gasteiger partial charge in [-0.25, -0.2) is 0 Å². The zero-order valence-corrected chi connectivity index (χ0v) is 13.4. The second-order valence-electron chi connectivity index (χ2n) is 5.93. The molecule has 1 fully saturated rings. The number of benzene rings is 1. The van der Waals surface area contributed by atoms with Gasteiger partial charge in [-0.15, -0.1) is 0 Å². The molecule has 1 amide bonds. The smallest absolute Gasteiger partial charge is 0.223 e. The van der Waals surface area contributed by atoms with E-state index in [0.29, 0.717) is 25.4 Å². The number of nitrogens with zero attached hydrogens (tertiary/aromatic N) is 2. The van der Waals surface area contributed by atoms with Crippen LogP contribution >= 0.6 is 0 Å². The number of carbonyl (C=O) groups excluding carboxylic acids is 1. The molecule has 4 heteroatoms. The first-order valence-corrected chi connectivity index (χ1v) is 8.08. The van der Waals surface area contributed by atoms with E-state index in [0.717, 1.165) is 29.7 Å². The molecule has 120 valence electrons. The maximum absolute atomic E-state index is 12.7. The van der Waals surface area contributed by atoms with Gasteiger partial charge in [0.25, 0.3) is 0 Å². The Kier molecular flexibility index (Phi) is 4.91. The van der Waals surface area contributed by atoms with E-state index in [1.165, 1.54) is 0 Å². The Morgan fingerprint density at radius 2 is 2.09 bits per heavy atom. The van der Waals surface area contributed by atoms with Gasteiger partial charge in [0.1, 0.15) is 5.75 Å².